The van der Waals surface area contributed by atoms with Crippen molar-refractivity contribution in [2.24, 2.45) is 0 Å². The molecule has 39 heavy (non-hydrogen) atoms. The average Bonchev–Trinajstić information content (AvgIpc) is 3.28. The Bertz CT molecular complexity index is 1650. The van der Waals surface area contributed by atoms with E-state index in [1.807, 2.05) is 11.5 Å². The lowest BCUT2D eigenvalue weighted by Gasteiger charge is -2.27. The van der Waals surface area contributed by atoms with Crippen molar-refractivity contribution in [1.29, 1.82) is 0 Å². The predicted octanol–water partition coefficient (Wildman–Crippen LogP) is 5.76. The largest absolute Gasteiger partial charge is 0.477 e. The fraction of sp³-hybridized carbons (Fsp3) is 0.286. The lowest BCUT2D eigenvalue weighted by Crippen LogP contribution is -2.30. The highest BCUT2D eigenvalue weighted by Gasteiger charge is 2.31. The molecule has 7 nitrogen and oxygen atoms in total. The maximum absolute atomic E-state index is 14.3. The van der Waals surface area contributed by atoms with Crippen molar-refractivity contribution in [2.45, 2.75) is 51.2 Å². The molecule has 1 amide bonds. The molecule has 11 heteroatoms. The lowest BCUT2D eigenvalue weighted by atomic mass is 10.1. The monoisotopic (exact) mass is 559 g/mol. The van der Waals surface area contributed by atoms with Crippen LogP contribution in [0.2, 0.25) is 0 Å². The van der Waals surface area contributed by atoms with E-state index in [9.17, 15) is 26.4 Å². The summed E-state index contributed by atoms with van der Waals surface area (Å²) in [6.07, 6.45) is 0.0415. The quantitative estimate of drug-likeness (QED) is 0.263. The zero-order valence-electron chi connectivity index (χ0n) is 21.9. The Morgan fingerprint density at radius 1 is 1.00 bits per heavy atom. The Hall–Kier alpha value is -3.86. The van der Waals surface area contributed by atoms with Gasteiger partial charge in [-0.05, 0) is 68.8 Å². The van der Waals surface area contributed by atoms with Crippen LogP contribution in [-0.2, 0) is 33.2 Å². The lowest BCUT2D eigenvalue weighted by molar-refractivity contribution is -0.115. The number of benzene rings is 3. The third-order valence-electron chi connectivity index (χ3n) is 6.28. The summed E-state index contributed by atoms with van der Waals surface area (Å²) >= 11 is 0. The number of sulfone groups is 1. The summed E-state index contributed by atoms with van der Waals surface area (Å²) < 4.78 is 72.9. The molecule has 0 aliphatic heterocycles. The number of carbonyl (C=O) groups is 1. The highest BCUT2D eigenvalue weighted by molar-refractivity contribution is 7.91. The first-order valence-electron chi connectivity index (χ1n) is 12.3. The SMILES string of the molecule is CCn1c(C(C)(C)Oc2ccc(F)c(F)c2F)nc2cc(NC(=O)Cc3ccc(S(=O)(=O)CC)cc3)ccc21. The normalized spacial score (nSPS) is 12.1. The van der Waals surface area contributed by atoms with E-state index in [1.54, 1.807) is 51.1 Å². The van der Waals surface area contributed by atoms with Crippen molar-refractivity contribution < 1.29 is 31.1 Å². The zero-order valence-corrected chi connectivity index (χ0v) is 22.7. The third-order valence-corrected chi connectivity index (χ3v) is 8.03. The van der Waals surface area contributed by atoms with E-state index in [1.165, 1.54) is 12.1 Å². The molecule has 0 aliphatic carbocycles. The molecule has 1 N–H and O–H groups in total. The summed E-state index contributed by atoms with van der Waals surface area (Å²) in [4.78, 5) is 17.5. The van der Waals surface area contributed by atoms with E-state index >= 15 is 0 Å². The number of ether oxygens (including phenoxy) is 1. The van der Waals surface area contributed by atoms with Gasteiger partial charge in [0.1, 0.15) is 0 Å². The van der Waals surface area contributed by atoms with E-state index in [0.717, 1.165) is 17.6 Å². The molecule has 0 spiro atoms. The summed E-state index contributed by atoms with van der Waals surface area (Å²) in [5.74, 6) is -4.67. The Morgan fingerprint density at radius 3 is 2.33 bits per heavy atom. The Balaban J connectivity index is 1.55. The summed E-state index contributed by atoms with van der Waals surface area (Å²) in [5, 5.41) is 2.82. The Kier molecular flexibility index (Phi) is 7.74. The van der Waals surface area contributed by atoms with E-state index in [-0.39, 0.29) is 23.0 Å². The average molecular weight is 560 g/mol. The fourth-order valence-corrected chi connectivity index (χ4v) is 5.15. The van der Waals surface area contributed by atoms with Gasteiger partial charge in [-0.15, -0.1) is 0 Å². The van der Waals surface area contributed by atoms with Crippen molar-refractivity contribution in [2.75, 3.05) is 11.1 Å². The second-order valence-corrected chi connectivity index (χ2v) is 11.7. The van der Waals surface area contributed by atoms with Gasteiger partial charge >= 0.3 is 0 Å². The summed E-state index contributed by atoms with van der Waals surface area (Å²) in [7, 11) is -3.32. The molecule has 4 aromatic rings. The second kappa shape index (κ2) is 10.7. The minimum Gasteiger partial charge on any atom is -0.477 e. The van der Waals surface area contributed by atoms with Crippen LogP contribution >= 0.6 is 0 Å². The highest BCUT2D eigenvalue weighted by Crippen LogP contribution is 2.33. The van der Waals surface area contributed by atoms with Crippen LogP contribution in [0.15, 0.2) is 59.5 Å². The fourth-order valence-electron chi connectivity index (χ4n) is 4.27. The molecular formula is C28H28F3N3O4S. The first kappa shape index (κ1) is 28.2. The molecule has 4 rings (SSSR count). The number of carbonyl (C=O) groups excluding carboxylic acids is 1. The smallest absolute Gasteiger partial charge is 0.228 e. The van der Waals surface area contributed by atoms with Crippen molar-refractivity contribution in [1.82, 2.24) is 9.55 Å². The van der Waals surface area contributed by atoms with Crippen LogP contribution in [-0.4, -0.2) is 29.6 Å². The number of nitrogens with zero attached hydrogens (tertiary/aromatic N) is 2. The summed E-state index contributed by atoms with van der Waals surface area (Å²) in [6.45, 7) is 7.24. The van der Waals surface area contributed by atoms with Gasteiger partial charge in [-0.2, -0.15) is 4.39 Å². The van der Waals surface area contributed by atoms with Gasteiger partial charge < -0.3 is 14.6 Å². The van der Waals surface area contributed by atoms with Crippen LogP contribution in [0.1, 0.15) is 39.1 Å². The summed E-state index contributed by atoms with van der Waals surface area (Å²) in [5.41, 5.74) is 1.21. The van der Waals surface area contributed by atoms with Crippen LogP contribution in [0.3, 0.4) is 0 Å². The number of amides is 1. The number of fused-ring (bicyclic) bond motifs is 1. The van der Waals surface area contributed by atoms with Gasteiger partial charge in [0.05, 0.1) is 28.1 Å². The van der Waals surface area contributed by atoms with E-state index < -0.39 is 38.6 Å². The van der Waals surface area contributed by atoms with Gasteiger partial charge in [-0.1, -0.05) is 19.1 Å². The maximum Gasteiger partial charge on any atom is 0.228 e. The second-order valence-electron chi connectivity index (χ2n) is 9.44. The molecule has 206 valence electrons. The van der Waals surface area contributed by atoms with Crippen LogP contribution in [0.25, 0.3) is 11.0 Å². The zero-order chi connectivity index (χ0) is 28.5. The number of hydrogen-bond donors (Lipinski definition) is 1. The number of nitrogens with one attached hydrogen (secondary N) is 1. The molecule has 1 heterocycles. The molecule has 0 bridgehead atoms. The molecule has 0 unspecified atom stereocenters. The third kappa shape index (κ3) is 5.78. The topological polar surface area (TPSA) is 90.3 Å². The van der Waals surface area contributed by atoms with Crippen LogP contribution in [0, 0.1) is 17.5 Å². The molecule has 0 radical (unpaired) electrons. The number of halogens is 3. The van der Waals surface area contributed by atoms with Gasteiger partial charge in [0, 0.05) is 12.2 Å². The minimum atomic E-state index is -3.32. The highest BCUT2D eigenvalue weighted by atomic mass is 32.2. The van der Waals surface area contributed by atoms with Crippen molar-refractivity contribution in [3.8, 4) is 5.75 Å². The Labute approximate surface area is 224 Å². The standard InChI is InChI=1S/C28H28F3N3O4S/c1-5-34-22-13-9-18(32-24(35)15-17-7-10-19(11-8-17)39(36,37)6-2)16-21(22)33-27(34)28(3,4)38-23-14-12-20(29)25(30)26(23)31/h7-14,16H,5-6,15H2,1-4H3,(H,32,35). The number of rotatable bonds is 9. The van der Waals surface area contributed by atoms with E-state index in [4.69, 9.17) is 4.74 Å². The predicted molar refractivity (Wildman–Crippen MR) is 142 cm³/mol. The van der Waals surface area contributed by atoms with Crippen LogP contribution in [0.4, 0.5) is 18.9 Å². The van der Waals surface area contributed by atoms with Gasteiger partial charge in [0.2, 0.25) is 11.7 Å². The molecule has 0 saturated carbocycles. The molecule has 0 aliphatic rings. The number of hydrogen-bond acceptors (Lipinski definition) is 5. The van der Waals surface area contributed by atoms with Crippen LogP contribution < -0.4 is 10.1 Å². The van der Waals surface area contributed by atoms with Crippen LogP contribution in [0.5, 0.6) is 5.75 Å². The van der Waals surface area contributed by atoms with Gasteiger partial charge in [-0.25, -0.2) is 22.2 Å². The number of imidazole rings is 1. The van der Waals surface area contributed by atoms with E-state index in [0.29, 0.717) is 29.1 Å². The van der Waals surface area contributed by atoms with Gasteiger partial charge in [0.25, 0.3) is 0 Å². The first-order chi connectivity index (χ1) is 18.4. The minimum absolute atomic E-state index is 0.00417. The molecule has 3 aromatic carbocycles. The van der Waals surface area contributed by atoms with E-state index in [2.05, 4.69) is 10.3 Å². The maximum atomic E-state index is 14.3. The number of aryl methyl sites for hydroxylation is 1. The number of anilines is 1. The molecule has 0 atom stereocenters. The van der Waals surface area contributed by atoms with Gasteiger partial charge in [-0.3, -0.25) is 4.79 Å². The first-order valence-corrected chi connectivity index (χ1v) is 14.0. The molecular weight excluding hydrogens is 531 g/mol. The summed E-state index contributed by atoms with van der Waals surface area (Å²) in [6, 6.07) is 13.2. The van der Waals surface area contributed by atoms with Crippen molar-refractivity contribution >= 4 is 32.5 Å². The molecule has 0 saturated heterocycles. The Morgan fingerprint density at radius 2 is 1.69 bits per heavy atom. The molecule has 1 aromatic heterocycles. The van der Waals surface area contributed by atoms with Gasteiger partial charge in [0.15, 0.2) is 38.6 Å². The molecule has 0 fully saturated rings. The van der Waals surface area contributed by atoms with Crippen molar-refractivity contribution in [3.05, 3.63) is 83.4 Å². The van der Waals surface area contributed by atoms with Crippen molar-refractivity contribution in [3.63, 3.8) is 0 Å². The number of aromatic nitrogens is 2.